The van der Waals surface area contributed by atoms with Crippen LogP contribution in [0.5, 0.6) is 0 Å². The van der Waals surface area contributed by atoms with Crippen molar-refractivity contribution in [2.24, 2.45) is 5.73 Å². The largest absolute Gasteiger partial charge is 0.397 e. The lowest BCUT2D eigenvalue weighted by molar-refractivity contribution is 0.568. The van der Waals surface area contributed by atoms with Crippen LogP contribution < -0.4 is 11.5 Å². The summed E-state index contributed by atoms with van der Waals surface area (Å²) in [7, 11) is 0. The number of nitrogens with two attached hydrogens (primary N) is 2. The highest BCUT2D eigenvalue weighted by Gasteiger charge is 2.22. The Balaban J connectivity index is 2.64. The lowest BCUT2D eigenvalue weighted by Crippen LogP contribution is -2.18. The highest BCUT2D eigenvalue weighted by atomic mass is 79.9. The van der Waals surface area contributed by atoms with Crippen molar-refractivity contribution >= 4 is 33.2 Å². The summed E-state index contributed by atoms with van der Waals surface area (Å²) in [5, 5.41) is 0.615. The van der Waals surface area contributed by atoms with E-state index in [2.05, 4.69) is 15.9 Å². The van der Waals surface area contributed by atoms with E-state index in [1.54, 1.807) is 0 Å². The van der Waals surface area contributed by atoms with Crippen LogP contribution in [0, 0.1) is 0 Å². The van der Waals surface area contributed by atoms with Gasteiger partial charge in [-0.3, -0.25) is 0 Å². The summed E-state index contributed by atoms with van der Waals surface area (Å²) in [4.78, 5) is 0. The van der Waals surface area contributed by atoms with Gasteiger partial charge in [0.05, 0.1) is 10.7 Å². The highest BCUT2D eigenvalue weighted by Crippen LogP contribution is 2.40. The zero-order valence-corrected chi connectivity index (χ0v) is 10.0. The lowest BCUT2D eigenvalue weighted by Gasteiger charge is -2.24. The minimum absolute atomic E-state index is 0.0905. The predicted molar refractivity (Wildman–Crippen MR) is 63.4 cm³/mol. The van der Waals surface area contributed by atoms with Gasteiger partial charge in [-0.05, 0) is 52.4 Å². The Kier molecular flexibility index (Phi) is 2.73. The van der Waals surface area contributed by atoms with Gasteiger partial charge in [-0.2, -0.15) is 0 Å². The van der Waals surface area contributed by atoms with Crippen molar-refractivity contribution in [1.29, 1.82) is 0 Å². The van der Waals surface area contributed by atoms with Gasteiger partial charge in [-0.25, -0.2) is 0 Å². The molecule has 0 bridgehead atoms. The SMILES string of the molecule is Nc1c(Cl)cc2c(c1Br)C(N)CCC2. The third-order valence-electron chi connectivity index (χ3n) is 2.71. The van der Waals surface area contributed by atoms with E-state index in [-0.39, 0.29) is 6.04 Å². The Morgan fingerprint density at radius 2 is 2.21 bits per heavy atom. The number of nitrogen functional groups attached to an aromatic ring is 1. The van der Waals surface area contributed by atoms with Crippen LogP contribution in [0.3, 0.4) is 0 Å². The first-order chi connectivity index (χ1) is 6.61. The van der Waals surface area contributed by atoms with Gasteiger partial charge in [0.1, 0.15) is 0 Å². The molecule has 1 aliphatic rings. The number of hydrogen-bond acceptors (Lipinski definition) is 2. The van der Waals surface area contributed by atoms with Crippen LogP contribution in [0.25, 0.3) is 0 Å². The third kappa shape index (κ3) is 1.53. The Morgan fingerprint density at radius 3 is 2.93 bits per heavy atom. The third-order valence-corrected chi connectivity index (χ3v) is 3.88. The van der Waals surface area contributed by atoms with E-state index in [1.165, 1.54) is 5.56 Å². The number of halogens is 2. The van der Waals surface area contributed by atoms with Crippen LogP contribution in [0.4, 0.5) is 5.69 Å². The van der Waals surface area contributed by atoms with Crippen LogP contribution in [-0.4, -0.2) is 0 Å². The first-order valence-electron chi connectivity index (χ1n) is 4.63. The average molecular weight is 276 g/mol. The molecule has 1 aromatic rings. The lowest BCUT2D eigenvalue weighted by atomic mass is 9.88. The van der Waals surface area contributed by atoms with E-state index in [4.69, 9.17) is 23.1 Å². The van der Waals surface area contributed by atoms with Gasteiger partial charge in [0.25, 0.3) is 0 Å². The van der Waals surface area contributed by atoms with Crippen molar-refractivity contribution < 1.29 is 0 Å². The summed E-state index contributed by atoms with van der Waals surface area (Å²) in [6.07, 6.45) is 3.19. The number of rotatable bonds is 0. The Bertz CT molecular complexity index is 379. The summed E-state index contributed by atoms with van der Waals surface area (Å²) in [5.74, 6) is 0. The zero-order valence-electron chi connectivity index (χ0n) is 7.69. The molecule has 1 aliphatic carbocycles. The standard InChI is InChI=1S/C10H12BrClN2/c11-9-8-5(2-1-3-7(8)13)4-6(12)10(9)14/h4,7H,1-3,13-14H2. The highest BCUT2D eigenvalue weighted by molar-refractivity contribution is 9.10. The van der Waals surface area contributed by atoms with Crippen molar-refractivity contribution in [3.8, 4) is 0 Å². The van der Waals surface area contributed by atoms with Crippen molar-refractivity contribution in [3.63, 3.8) is 0 Å². The minimum atomic E-state index is 0.0905. The summed E-state index contributed by atoms with van der Waals surface area (Å²) < 4.78 is 0.882. The number of benzene rings is 1. The Labute approximate surface area is 96.7 Å². The second kappa shape index (κ2) is 3.72. The fourth-order valence-electron chi connectivity index (χ4n) is 1.96. The van der Waals surface area contributed by atoms with Gasteiger partial charge in [0.2, 0.25) is 0 Å². The Morgan fingerprint density at radius 1 is 1.50 bits per heavy atom. The van der Waals surface area contributed by atoms with E-state index < -0.39 is 0 Å². The van der Waals surface area contributed by atoms with Crippen LogP contribution in [0.2, 0.25) is 5.02 Å². The topological polar surface area (TPSA) is 52.0 Å². The monoisotopic (exact) mass is 274 g/mol. The fourth-order valence-corrected chi connectivity index (χ4v) is 3.07. The van der Waals surface area contributed by atoms with Gasteiger partial charge in [-0.15, -0.1) is 0 Å². The summed E-state index contributed by atoms with van der Waals surface area (Å²) in [6.45, 7) is 0. The predicted octanol–water partition coefficient (Wildman–Crippen LogP) is 3.02. The molecule has 1 atom stereocenters. The second-order valence-corrected chi connectivity index (χ2v) is 4.86. The van der Waals surface area contributed by atoms with E-state index in [9.17, 15) is 0 Å². The summed E-state index contributed by atoms with van der Waals surface area (Å²) >= 11 is 9.47. The van der Waals surface area contributed by atoms with Crippen LogP contribution in [0.15, 0.2) is 10.5 Å². The molecule has 14 heavy (non-hydrogen) atoms. The van der Waals surface area contributed by atoms with Gasteiger partial charge >= 0.3 is 0 Å². The van der Waals surface area contributed by atoms with Crippen molar-refractivity contribution in [2.75, 3.05) is 5.73 Å². The molecule has 0 fully saturated rings. The van der Waals surface area contributed by atoms with Crippen LogP contribution in [-0.2, 0) is 6.42 Å². The molecular weight excluding hydrogens is 263 g/mol. The van der Waals surface area contributed by atoms with E-state index in [0.29, 0.717) is 10.7 Å². The fraction of sp³-hybridized carbons (Fsp3) is 0.400. The smallest absolute Gasteiger partial charge is 0.0651 e. The molecule has 76 valence electrons. The molecule has 0 radical (unpaired) electrons. The molecule has 0 heterocycles. The van der Waals surface area contributed by atoms with E-state index >= 15 is 0 Å². The van der Waals surface area contributed by atoms with Gasteiger partial charge < -0.3 is 11.5 Å². The molecule has 4 N–H and O–H groups in total. The molecule has 2 rings (SSSR count). The molecule has 0 saturated heterocycles. The minimum Gasteiger partial charge on any atom is -0.397 e. The molecule has 0 amide bonds. The first kappa shape index (κ1) is 10.3. The van der Waals surface area contributed by atoms with Gasteiger partial charge in [0.15, 0.2) is 0 Å². The maximum Gasteiger partial charge on any atom is 0.0651 e. The maximum atomic E-state index is 6.04. The number of anilines is 1. The Hall–Kier alpha value is -0.250. The number of fused-ring (bicyclic) bond motifs is 1. The quantitative estimate of drug-likeness (QED) is 0.715. The van der Waals surface area contributed by atoms with Crippen molar-refractivity contribution in [1.82, 2.24) is 0 Å². The second-order valence-electron chi connectivity index (χ2n) is 3.66. The normalized spacial score (nSPS) is 20.6. The summed E-state index contributed by atoms with van der Waals surface area (Å²) in [6, 6.07) is 2.03. The van der Waals surface area contributed by atoms with Crippen molar-refractivity contribution in [2.45, 2.75) is 25.3 Å². The number of hydrogen-bond donors (Lipinski definition) is 2. The molecule has 0 aliphatic heterocycles. The van der Waals surface area contributed by atoms with Crippen LogP contribution in [0.1, 0.15) is 30.0 Å². The van der Waals surface area contributed by atoms with E-state index in [0.717, 1.165) is 29.3 Å². The maximum absolute atomic E-state index is 6.04. The van der Waals surface area contributed by atoms with E-state index in [1.807, 2.05) is 6.07 Å². The number of aryl methyl sites for hydroxylation is 1. The molecule has 1 unspecified atom stereocenters. The van der Waals surface area contributed by atoms with Gasteiger partial charge in [-0.1, -0.05) is 11.6 Å². The van der Waals surface area contributed by atoms with Gasteiger partial charge in [0, 0.05) is 10.5 Å². The van der Waals surface area contributed by atoms with Crippen molar-refractivity contribution in [3.05, 3.63) is 26.7 Å². The molecular formula is C10H12BrClN2. The van der Waals surface area contributed by atoms with Crippen LogP contribution >= 0.6 is 27.5 Å². The molecule has 1 aromatic carbocycles. The molecule has 0 aromatic heterocycles. The summed E-state index contributed by atoms with van der Waals surface area (Å²) in [5.41, 5.74) is 14.8. The molecule has 0 saturated carbocycles. The molecule has 0 spiro atoms. The molecule has 4 heteroatoms. The first-order valence-corrected chi connectivity index (χ1v) is 5.80. The zero-order chi connectivity index (χ0) is 10.3. The molecule has 2 nitrogen and oxygen atoms in total. The average Bonchev–Trinajstić information content (AvgIpc) is 2.14.